The maximum atomic E-state index is 10.8. The van der Waals surface area contributed by atoms with Crippen molar-refractivity contribution >= 4 is 5.97 Å². The highest BCUT2D eigenvalue weighted by Gasteiger charge is 2.14. The first kappa shape index (κ1) is 14.8. The molecule has 0 amide bonds. The maximum Gasteiger partial charge on any atom is 0.335 e. The first-order valence-corrected chi connectivity index (χ1v) is 6.80. The third-order valence-corrected chi connectivity index (χ3v) is 3.61. The van der Waals surface area contributed by atoms with Crippen LogP contribution in [-0.2, 0) is 6.42 Å². The van der Waals surface area contributed by atoms with E-state index < -0.39 is 5.97 Å². The van der Waals surface area contributed by atoms with Crippen LogP contribution >= 0.6 is 0 Å². The number of rotatable bonds is 4. The van der Waals surface area contributed by atoms with Crippen molar-refractivity contribution in [3.63, 3.8) is 0 Å². The molecular formula is C18H17NO2. The fraction of sp³-hybridized carbons (Fsp3) is 0.222. The van der Waals surface area contributed by atoms with Gasteiger partial charge in [0.05, 0.1) is 17.6 Å². The molecule has 21 heavy (non-hydrogen) atoms. The summed E-state index contributed by atoms with van der Waals surface area (Å²) in [6.45, 7) is 4.02. The van der Waals surface area contributed by atoms with E-state index in [0.717, 1.165) is 22.3 Å². The minimum atomic E-state index is -0.937. The average Bonchev–Trinajstić information content (AvgIpc) is 2.48. The van der Waals surface area contributed by atoms with Crippen molar-refractivity contribution in [1.29, 1.82) is 5.26 Å². The molecule has 0 heterocycles. The number of carboxylic acids is 1. The van der Waals surface area contributed by atoms with E-state index in [1.807, 2.05) is 26.0 Å². The van der Waals surface area contributed by atoms with Crippen molar-refractivity contribution in [3.05, 3.63) is 70.3 Å². The Balaban J connectivity index is 2.25. The van der Waals surface area contributed by atoms with E-state index in [1.54, 1.807) is 24.3 Å². The van der Waals surface area contributed by atoms with Crippen molar-refractivity contribution in [2.75, 3.05) is 0 Å². The normalized spacial score (nSPS) is 11.7. The molecule has 0 saturated heterocycles. The van der Waals surface area contributed by atoms with Crippen molar-refractivity contribution in [2.45, 2.75) is 26.2 Å². The van der Waals surface area contributed by atoms with Gasteiger partial charge < -0.3 is 5.11 Å². The second kappa shape index (κ2) is 6.23. The third kappa shape index (κ3) is 3.49. The van der Waals surface area contributed by atoms with Crippen LogP contribution < -0.4 is 0 Å². The fourth-order valence-corrected chi connectivity index (χ4v) is 2.38. The molecule has 0 aliphatic rings. The van der Waals surface area contributed by atoms with Crippen LogP contribution in [0.5, 0.6) is 0 Å². The third-order valence-electron chi connectivity index (χ3n) is 3.61. The predicted octanol–water partition coefficient (Wildman–Crippen LogP) is 3.85. The zero-order valence-corrected chi connectivity index (χ0v) is 12.1. The van der Waals surface area contributed by atoms with Crippen LogP contribution in [0.25, 0.3) is 0 Å². The Labute approximate surface area is 124 Å². The number of hydrogen-bond donors (Lipinski definition) is 1. The van der Waals surface area contributed by atoms with Crippen molar-refractivity contribution in [2.24, 2.45) is 0 Å². The SMILES string of the molecule is Cc1ccc(C)c(C(C#N)Cc2ccc(C(=O)O)cc2)c1. The zero-order chi connectivity index (χ0) is 15.4. The molecule has 3 heteroatoms. The number of nitriles is 1. The zero-order valence-electron chi connectivity index (χ0n) is 12.1. The number of benzene rings is 2. The summed E-state index contributed by atoms with van der Waals surface area (Å²) in [7, 11) is 0. The molecule has 1 atom stereocenters. The summed E-state index contributed by atoms with van der Waals surface area (Å²) >= 11 is 0. The molecule has 0 aliphatic carbocycles. The summed E-state index contributed by atoms with van der Waals surface area (Å²) in [5.74, 6) is -1.16. The van der Waals surface area contributed by atoms with Crippen LogP contribution in [0.1, 0.15) is 38.5 Å². The van der Waals surface area contributed by atoms with Crippen LogP contribution in [-0.4, -0.2) is 11.1 Å². The monoisotopic (exact) mass is 279 g/mol. The van der Waals surface area contributed by atoms with Gasteiger partial charge in [0.25, 0.3) is 0 Å². The van der Waals surface area contributed by atoms with Gasteiger partial charge in [-0.05, 0) is 49.1 Å². The Hall–Kier alpha value is -2.60. The number of carbonyl (C=O) groups is 1. The topological polar surface area (TPSA) is 61.1 Å². The van der Waals surface area contributed by atoms with Crippen LogP contribution in [0.15, 0.2) is 42.5 Å². The first-order valence-electron chi connectivity index (χ1n) is 6.80. The molecule has 0 aliphatic heterocycles. The molecule has 2 rings (SSSR count). The lowest BCUT2D eigenvalue weighted by Gasteiger charge is -2.13. The standard InChI is InChI=1S/C18H17NO2/c1-12-3-4-13(2)17(9-12)16(11-19)10-14-5-7-15(8-6-14)18(20)21/h3-9,16H,10H2,1-2H3,(H,20,21). The molecule has 3 nitrogen and oxygen atoms in total. The Bertz CT molecular complexity index is 696. The minimum Gasteiger partial charge on any atom is -0.478 e. The Kier molecular flexibility index (Phi) is 4.39. The molecule has 106 valence electrons. The number of hydrogen-bond acceptors (Lipinski definition) is 2. The highest BCUT2D eigenvalue weighted by molar-refractivity contribution is 5.87. The van der Waals surface area contributed by atoms with Crippen molar-refractivity contribution < 1.29 is 9.90 Å². The molecule has 0 fully saturated rings. The Morgan fingerprint density at radius 2 is 1.86 bits per heavy atom. The van der Waals surface area contributed by atoms with Crippen LogP contribution in [0.2, 0.25) is 0 Å². The number of carboxylic acid groups (broad SMARTS) is 1. The van der Waals surface area contributed by atoms with Gasteiger partial charge in [-0.1, -0.05) is 35.9 Å². The van der Waals surface area contributed by atoms with Crippen molar-refractivity contribution in [1.82, 2.24) is 0 Å². The van der Waals surface area contributed by atoms with Gasteiger partial charge in [-0.3, -0.25) is 0 Å². The number of aromatic carboxylic acids is 1. The average molecular weight is 279 g/mol. The molecule has 1 unspecified atom stereocenters. The second-order valence-electron chi connectivity index (χ2n) is 5.25. The van der Waals surface area contributed by atoms with E-state index in [1.165, 1.54) is 0 Å². The van der Waals surface area contributed by atoms with Gasteiger partial charge in [-0.2, -0.15) is 5.26 Å². The van der Waals surface area contributed by atoms with Crippen LogP contribution in [0, 0.1) is 25.2 Å². The van der Waals surface area contributed by atoms with E-state index in [2.05, 4.69) is 12.1 Å². The predicted molar refractivity (Wildman–Crippen MR) is 81.4 cm³/mol. The molecule has 1 N–H and O–H groups in total. The fourth-order valence-electron chi connectivity index (χ4n) is 2.38. The van der Waals surface area contributed by atoms with E-state index in [4.69, 9.17) is 5.11 Å². The summed E-state index contributed by atoms with van der Waals surface area (Å²) in [6.07, 6.45) is 0.584. The number of nitrogens with zero attached hydrogens (tertiary/aromatic N) is 1. The minimum absolute atomic E-state index is 0.222. The first-order chi connectivity index (χ1) is 10.0. The van der Waals surface area contributed by atoms with Gasteiger partial charge in [0.1, 0.15) is 0 Å². The largest absolute Gasteiger partial charge is 0.478 e. The summed E-state index contributed by atoms with van der Waals surface area (Å²) < 4.78 is 0. The summed E-state index contributed by atoms with van der Waals surface area (Å²) in [6, 6.07) is 15.2. The molecule has 0 saturated carbocycles. The van der Waals surface area contributed by atoms with Gasteiger partial charge in [0.2, 0.25) is 0 Å². The number of aryl methyl sites for hydroxylation is 2. The second-order valence-corrected chi connectivity index (χ2v) is 5.25. The van der Waals surface area contributed by atoms with E-state index in [0.29, 0.717) is 6.42 Å². The highest BCUT2D eigenvalue weighted by Crippen LogP contribution is 2.24. The smallest absolute Gasteiger partial charge is 0.335 e. The maximum absolute atomic E-state index is 10.8. The Morgan fingerprint density at radius 3 is 2.43 bits per heavy atom. The molecular weight excluding hydrogens is 262 g/mol. The summed E-state index contributed by atoms with van der Waals surface area (Å²) in [5, 5.41) is 18.4. The van der Waals surface area contributed by atoms with Gasteiger partial charge in [0.15, 0.2) is 0 Å². The Morgan fingerprint density at radius 1 is 1.19 bits per heavy atom. The van der Waals surface area contributed by atoms with Gasteiger partial charge in [-0.15, -0.1) is 0 Å². The lowest BCUT2D eigenvalue weighted by molar-refractivity contribution is 0.0697. The molecule has 2 aromatic rings. The van der Waals surface area contributed by atoms with Crippen LogP contribution in [0.4, 0.5) is 0 Å². The summed E-state index contributed by atoms with van der Waals surface area (Å²) in [4.78, 5) is 10.8. The molecule has 0 radical (unpaired) electrons. The van der Waals surface area contributed by atoms with Crippen LogP contribution in [0.3, 0.4) is 0 Å². The molecule has 0 aromatic heterocycles. The van der Waals surface area contributed by atoms with E-state index in [9.17, 15) is 10.1 Å². The van der Waals surface area contributed by atoms with E-state index in [-0.39, 0.29) is 11.5 Å². The van der Waals surface area contributed by atoms with Gasteiger partial charge in [-0.25, -0.2) is 4.79 Å². The highest BCUT2D eigenvalue weighted by atomic mass is 16.4. The lowest BCUT2D eigenvalue weighted by Crippen LogP contribution is -2.04. The van der Waals surface area contributed by atoms with E-state index >= 15 is 0 Å². The van der Waals surface area contributed by atoms with Gasteiger partial charge >= 0.3 is 5.97 Å². The molecule has 0 bridgehead atoms. The van der Waals surface area contributed by atoms with Crippen molar-refractivity contribution in [3.8, 4) is 6.07 Å². The molecule has 0 spiro atoms. The van der Waals surface area contributed by atoms with Gasteiger partial charge in [0, 0.05) is 0 Å². The quantitative estimate of drug-likeness (QED) is 0.924. The summed E-state index contributed by atoms with van der Waals surface area (Å²) in [5.41, 5.74) is 4.51. The lowest BCUT2D eigenvalue weighted by atomic mass is 9.89. The molecule has 2 aromatic carbocycles.